The number of rotatable bonds is 9. The van der Waals surface area contributed by atoms with Crippen molar-refractivity contribution >= 4 is 52.0 Å². The summed E-state index contributed by atoms with van der Waals surface area (Å²) in [5, 5.41) is 5.96. The Bertz CT molecular complexity index is 1070. The molecule has 2 aromatic carbocycles. The molecule has 0 spiro atoms. The predicted molar refractivity (Wildman–Crippen MR) is 129 cm³/mol. The second-order valence-electron chi connectivity index (χ2n) is 7.06. The van der Waals surface area contributed by atoms with E-state index in [9.17, 15) is 9.59 Å². The standard InChI is InChI=1S/C23H23Cl2N3O3S/c1-3-28(12-20(29)27-23-18(24)5-4-6-19(23)25)22(30)11-16-14-32-21(26-16)13-31-17-9-7-15(2)8-10-17/h4-10,14H,3,11-13H2,1-2H3,(H,27,29). The minimum Gasteiger partial charge on any atom is -0.486 e. The Kier molecular flexibility index (Phi) is 8.50. The highest BCUT2D eigenvalue weighted by Crippen LogP contribution is 2.29. The number of anilines is 1. The third-order valence-corrected chi connectivity index (χ3v) is 6.11. The van der Waals surface area contributed by atoms with Gasteiger partial charge in [-0.05, 0) is 38.1 Å². The Morgan fingerprint density at radius 2 is 1.81 bits per heavy atom. The van der Waals surface area contributed by atoms with E-state index in [1.165, 1.54) is 16.2 Å². The van der Waals surface area contributed by atoms with Crippen molar-refractivity contribution in [2.75, 3.05) is 18.4 Å². The van der Waals surface area contributed by atoms with Crippen LogP contribution in [0.4, 0.5) is 5.69 Å². The molecular weight excluding hydrogens is 469 g/mol. The number of likely N-dealkylation sites (N-methyl/N-ethyl adjacent to an activating group) is 1. The maximum atomic E-state index is 12.7. The van der Waals surface area contributed by atoms with E-state index in [0.29, 0.717) is 34.6 Å². The first-order valence-electron chi connectivity index (χ1n) is 10.00. The van der Waals surface area contributed by atoms with Gasteiger partial charge in [0.15, 0.2) is 0 Å². The molecule has 1 heterocycles. The van der Waals surface area contributed by atoms with E-state index < -0.39 is 0 Å². The average Bonchev–Trinajstić information content (AvgIpc) is 3.21. The number of para-hydroxylation sites is 1. The second kappa shape index (κ2) is 11.3. The van der Waals surface area contributed by atoms with E-state index in [0.717, 1.165) is 16.3 Å². The van der Waals surface area contributed by atoms with E-state index in [4.69, 9.17) is 27.9 Å². The van der Waals surface area contributed by atoms with E-state index in [1.54, 1.807) is 18.2 Å². The van der Waals surface area contributed by atoms with E-state index >= 15 is 0 Å². The lowest BCUT2D eigenvalue weighted by molar-refractivity contribution is -0.133. The van der Waals surface area contributed by atoms with Crippen LogP contribution in [0.2, 0.25) is 10.0 Å². The summed E-state index contributed by atoms with van der Waals surface area (Å²) in [6.45, 7) is 4.44. The fourth-order valence-electron chi connectivity index (χ4n) is 2.89. The number of hydrogen-bond donors (Lipinski definition) is 1. The van der Waals surface area contributed by atoms with Crippen LogP contribution in [0.3, 0.4) is 0 Å². The van der Waals surface area contributed by atoms with E-state index in [2.05, 4.69) is 10.3 Å². The molecule has 0 radical (unpaired) electrons. The van der Waals surface area contributed by atoms with Gasteiger partial charge >= 0.3 is 0 Å². The number of halogens is 2. The van der Waals surface area contributed by atoms with Gasteiger partial charge < -0.3 is 15.0 Å². The first-order chi connectivity index (χ1) is 15.4. The van der Waals surface area contributed by atoms with Crippen molar-refractivity contribution < 1.29 is 14.3 Å². The van der Waals surface area contributed by atoms with Gasteiger partial charge in [0.25, 0.3) is 0 Å². The van der Waals surface area contributed by atoms with Crippen LogP contribution in [-0.4, -0.2) is 34.8 Å². The quantitative estimate of drug-likeness (QED) is 0.436. The van der Waals surface area contributed by atoms with Gasteiger partial charge in [-0.15, -0.1) is 11.3 Å². The SMILES string of the molecule is CCN(CC(=O)Nc1c(Cl)cccc1Cl)C(=O)Cc1csc(COc2ccc(C)cc2)n1. The van der Waals surface area contributed by atoms with Gasteiger partial charge in [-0.2, -0.15) is 0 Å². The average molecular weight is 492 g/mol. The third kappa shape index (κ3) is 6.69. The first kappa shape index (κ1) is 24.0. The Hall–Kier alpha value is -2.61. The number of aromatic nitrogens is 1. The Balaban J connectivity index is 1.53. The fourth-order valence-corrected chi connectivity index (χ4v) is 4.09. The summed E-state index contributed by atoms with van der Waals surface area (Å²) in [7, 11) is 0. The zero-order chi connectivity index (χ0) is 23.1. The summed E-state index contributed by atoms with van der Waals surface area (Å²) in [6.07, 6.45) is 0.106. The summed E-state index contributed by atoms with van der Waals surface area (Å²) in [5.74, 6) is 0.204. The number of nitrogens with zero attached hydrogens (tertiary/aromatic N) is 2. The van der Waals surface area contributed by atoms with E-state index in [1.807, 2.05) is 43.5 Å². The minimum absolute atomic E-state index is 0.106. The molecule has 9 heteroatoms. The molecule has 32 heavy (non-hydrogen) atoms. The minimum atomic E-state index is -0.374. The molecule has 0 aliphatic rings. The molecule has 0 saturated heterocycles. The van der Waals surface area contributed by atoms with Crippen molar-refractivity contribution in [2.45, 2.75) is 26.9 Å². The normalized spacial score (nSPS) is 10.6. The fraction of sp³-hybridized carbons (Fsp3) is 0.261. The van der Waals surface area contributed by atoms with Crippen LogP contribution < -0.4 is 10.1 Å². The van der Waals surface area contributed by atoms with Gasteiger partial charge in [0.1, 0.15) is 17.4 Å². The molecular formula is C23H23Cl2N3O3S. The topological polar surface area (TPSA) is 71.5 Å². The maximum absolute atomic E-state index is 12.7. The van der Waals surface area contributed by atoms with Crippen molar-refractivity contribution in [3.05, 3.63) is 74.2 Å². The molecule has 0 unspecified atom stereocenters. The monoisotopic (exact) mass is 491 g/mol. The number of ether oxygens (including phenoxy) is 1. The molecule has 2 amide bonds. The van der Waals surface area contributed by atoms with Crippen LogP contribution in [0.1, 0.15) is 23.2 Å². The molecule has 3 aromatic rings. The number of thiazole rings is 1. The molecule has 0 bridgehead atoms. The molecule has 6 nitrogen and oxygen atoms in total. The number of hydrogen-bond acceptors (Lipinski definition) is 5. The molecule has 0 atom stereocenters. The highest BCUT2D eigenvalue weighted by atomic mass is 35.5. The second-order valence-corrected chi connectivity index (χ2v) is 8.82. The molecule has 0 aliphatic heterocycles. The zero-order valence-electron chi connectivity index (χ0n) is 17.7. The lowest BCUT2D eigenvalue weighted by Gasteiger charge is -2.20. The first-order valence-corrected chi connectivity index (χ1v) is 11.6. The molecule has 168 valence electrons. The smallest absolute Gasteiger partial charge is 0.244 e. The summed E-state index contributed by atoms with van der Waals surface area (Å²) in [5.41, 5.74) is 2.15. The largest absolute Gasteiger partial charge is 0.486 e. The van der Waals surface area contributed by atoms with Crippen LogP contribution in [0.5, 0.6) is 5.75 Å². The van der Waals surface area contributed by atoms with Gasteiger partial charge in [0, 0.05) is 11.9 Å². The number of carbonyl (C=O) groups excluding carboxylic acids is 2. The molecule has 1 aromatic heterocycles. The van der Waals surface area contributed by atoms with Crippen molar-refractivity contribution in [3.8, 4) is 5.75 Å². The van der Waals surface area contributed by atoms with Crippen LogP contribution >= 0.6 is 34.5 Å². The van der Waals surface area contributed by atoms with Crippen LogP contribution in [-0.2, 0) is 22.6 Å². The molecule has 3 rings (SSSR count). The number of amides is 2. The molecule has 0 aliphatic carbocycles. The summed E-state index contributed by atoms with van der Waals surface area (Å²) < 4.78 is 5.74. The highest BCUT2D eigenvalue weighted by molar-refractivity contribution is 7.09. The molecule has 0 saturated carbocycles. The summed E-state index contributed by atoms with van der Waals surface area (Å²) in [6, 6.07) is 12.7. The Morgan fingerprint density at radius 3 is 2.47 bits per heavy atom. The molecule has 1 N–H and O–H groups in total. The van der Waals surface area contributed by atoms with Crippen molar-refractivity contribution in [1.29, 1.82) is 0 Å². The van der Waals surface area contributed by atoms with Crippen molar-refractivity contribution in [1.82, 2.24) is 9.88 Å². The number of carbonyl (C=O) groups is 2. The number of benzene rings is 2. The maximum Gasteiger partial charge on any atom is 0.244 e. The van der Waals surface area contributed by atoms with Gasteiger partial charge in [-0.3, -0.25) is 9.59 Å². The van der Waals surface area contributed by atoms with Gasteiger partial charge in [-0.1, -0.05) is 47.0 Å². The number of nitrogens with one attached hydrogen (secondary N) is 1. The Labute approximate surface area is 201 Å². The lowest BCUT2D eigenvalue weighted by atomic mass is 10.2. The van der Waals surface area contributed by atoms with Crippen LogP contribution in [0, 0.1) is 6.92 Å². The third-order valence-electron chi connectivity index (χ3n) is 4.61. The summed E-state index contributed by atoms with van der Waals surface area (Å²) >= 11 is 13.6. The summed E-state index contributed by atoms with van der Waals surface area (Å²) in [4.78, 5) is 31.1. The van der Waals surface area contributed by atoms with Crippen LogP contribution in [0.25, 0.3) is 0 Å². The molecule has 0 fully saturated rings. The van der Waals surface area contributed by atoms with Gasteiger partial charge in [-0.25, -0.2) is 4.98 Å². The predicted octanol–water partition coefficient (Wildman–Crippen LogP) is 5.37. The lowest BCUT2D eigenvalue weighted by Crippen LogP contribution is -2.38. The Morgan fingerprint density at radius 1 is 1.12 bits per heavy atom. The van der Waals surface area contributed by atoms with Gasteiger partial charge in [0.2, 0.25) is 11.8 Å². The van der Waals surface area contributed by atoms with Gasteiger partial charge in [0.05, 0.1) is 34.4 Å². The zero-order valence-corrected chi connectivity index (χ0v) is 20.1. The van der Waals surface area contributed by atoms with E-state index in [-0.39, 0.29) is 24.8 Å². The van der Waals surface area contributed by atoms with Crippen LogP contribution in [0.15, 0.2) is 47.8 Å². The highest BCUT2D eigenvalue weighted by Gasteiger charge is 2.19. The number of aryl methyl sites for hydroxylation is 1. The van der Waals surface area contributed by atoms with Crippen molar-refractivity contribution in [3.63, 3.8) is 0 Å². The van der Waals surface area contributed by atoms with Crippen molar-refractivity contribution in [2.24, 2.45) is 0 Å².